The van der Waals surface area contributed by atoms with Gasteiger partial charge in [-0.2, -0.15) is 0 Å². The molecule has 1 heterocycles. The minimum absolute atomic E-state index is 0.0127. The summed E-state index contributed by atoms with van der Waals surface area (Å²) in [5.41, 5.74) is -0.0533. The van der Waals surface area contributed by atoms with Gasteiger partial charge in [-0.05, 0) is 30.3 Å². The predicted octanol–water partition coefficient (Wildman–Crippen LogP) is 1.76. The third kappa shape index (κ3) is 3.70. The summed E-state index contributed by atoms with van der Waals surface area (Å²) in [4.78, 5) is 38.0. The monoisotopic (exact) mass is 306 g/mol. The fraction of sp³-hybridized carbons (Fsp3) is 0.0714. The number of carbonyl (C=O) groups is 2. The molecule has 0 bridgehead atoms. The molecule has 6 nitrogen and oxygen atoms in total. The summed E-state index contributed by atoms with van der Waals surface area (Å²) in [6, 6.07) is 10.3. The molecule has 108 valence electrons. The normalized spacial score (nSPS) is 10.1. The Labute approximate surface area is 124 Å². The van der Waals surface area contributed by atoms with E-state index in [0.717, 1.165) is 4.90 Å². The molecule has 0 aliphatic heterocycles. The molecular formula is C14H11ClN2O4. The molecule has 0 saturated carbocycles. The molecule has 2 aromatic rings. The van der Waals surface area contributed by atoms with Crippen molar-refractivity contribution in [1.29, 1.82) is 0 Å². The number of aromatic amines is 1. The largest absolute Gasteiger partial charge is 0.480 e. The number of nitrogens with one attached hydrogen (secondary N) is 1. The third-order valence-corrected chi connectivity index (χ3v) is 2.93. The van der Waals surface area contributed by atoms with Crippen LogP contribution in [0.5, 0.6) is 0 Å². The number of carboxylic acids is 1. The number of carboxylic acid groups (broad SMARTS) is 1. The number of carbonyl (C=O) groups excluding carboxylic acids is 1. The van der Waals surface area contributed by atoms with Crippen molar-refractivity contribution in [2.24, 2.45) is 0 Å². The molecule has 0 aliphatic rings. The highest BCUT2D eigenvalue weighted by Gasteiger charge is 2.21. The van der Waals surface area contributed by atoms with E-state index in [1.165, 1.54) is 30.3 Å². The van der Waals surface area contributed by atoms with Gasteiger partial charge in [0.1, 0.15) is 12.2 Å². The average Bonchev–Trinajstić information content (AvgIpc) is 2.45. The third-order valence-electron chi connectivity index (χ3n) is 2.68. The lowest BCUT2D eigenvalue weighted by atomic mass is 10.2. The maximum Gasteiger partial charge on any atom is 0.323 e. The Hall–Kier alpha value is -2.60. The number of aromatic nitrogens is 1. The zero-order valence-corrected chi connectivity index (χ0v) is 11.5. The zero-order chi connectivity index (χ0) is 15.4. The number of pyridine rings is 1. The number of aliphatic carboxylic acids is 1. The molecular weight excluding hydrogens is 296 g/mol. The minimum Gasteiger partial charge on any atom is -0.480 e. The molecule has 7 heteroatoms. The fourth-order valence-electron chi connectivity index (χ4n) is 1.75. The van der Waals surface area contributed by atoms with Gasteiger partial charge < -0.3 is 10.1 Å². The summed E-state index contributed by atoms with van der Waals surface area (Å²) in [6.45, 7) is -0.530. The first-order valence-electron chi connectivity index (χ1n) is 5.96. The molecule has 0 fully saturated rings. The van der Waals surface area contributed by atoms with Crippen LogP contribution in [-0.2, 0) is 4.79 Å². The molecule has 0 spiro atoms. The smallest absolute Gasteiger partial charge is 0.323 e. The van der Waals surface area contributed by atoms with Crippen LogP contribution in [0.2, 0.25) is 5.02 Å². The second kappa shape index (κ2) is 6.23. The van der Waals surface area contributed by atoms with E-state index < -0.39 is 24.0 Å². The molecule has 1 aromatic heterocycles. The molecule has 2 rings (SSSR count). The first-order valence-corrected chi connectivity index (χ1v) is 6.34. The average molecular weight is 307 g/mol. The van der Waals surface area contributed by atoms with E-state index in [0.29, 0.717) is 10.7 Å². The Bertz CT molecular complexity index is 724. The van der Waals surface area contributed by atoms with Crippen LogP contribution in [0.1, 0.15) is 10.5 Å². The highest BCUT2D eigenvalue weighted by molar-refractivity contribution is 6.30. The van der Waals surface area contributed by atoms with Gasteiger partial charge in [0.15, 0.2) is 0 Å². The number of rotatable bonds is 4. The lowest BCUT2D eigenvalue weighted by molar-refractivity contribution is -0.135. The number of hydrogen-bond donors (Lipinski definition) is 2. The fourth-order valence-corrected chi connectivity index (χ4v) is 1.88. The van der Waals surface area contributed by atoms with Crippen LogP contribution in [0.4, 0.5) is 5.69 Å². The minimum atomic E-state index is -1.17. The van der Waals surface area contributed by atoms with E-state index in [-0.39, 0.29) is 5.69 Å². The maximum absolute atomic E-state index is 12.4. The van der Waals surface area contributed by atoms with E-state index in [2.05, 4.69) is 4.98 Å². The number of nitrogens with zero attached hydrogens (tertiary/aromatic N) is 1. The summed E-state index contributed by atoms with van der Waals surface area (Å²) in [6.07, 6.45) is 0. The van der Waals surface area contributed by atoms with Crippen molar-refractivity contribution in [2.75, 3.05) is 11.4 Å². The molecule has 21 heavy (non-hydrogen) atoms. The van der Waals surface area contributed by atoms with Gasteiger partial charge in [-0.3, -0.25) is 19.3 Å². The van der Waals surface area contributed by atoms with Crippen molar-refractivity contribution in [3.05, 3.63) is 63.5 Å². The molecule has 0 atom stereocenters. The molecule has 0 radical (unpaired) electrons. The van der Waals surface area contributed by atoms with Crippen LogP contribution >= 0.6 is 11.6 Å². The van der Waals surface area contributed by atoms with Crippen molar-refractivity contribution in [3.63, 3.8) is 0 Å². The van der Waals surface area contributed by atoms with Crippen molar-refractivity contribution >= 4 is 29.2 Å². The Kier molecular flexibility index (Phi) is 4.39. The van der Waals surface area contributed by atoms with E-state index in [1.807, 2.05) is 0 Å². The maximum atomic E-state index is 12.4. The second-order valence-corrected chi connectivity index (χ2v) is 4.63. The molecule has 0 saturated heterocycles. The Morgan fingerprint density at radius 2 is 1.81 bits per heavy atom. The number of benzene rings is 1. The zero-order valence-electron chi connectivity index (χ0n) is 10.7. The molecule has 0 aliphatic carbocycles. The Balaban J connectivity index is 2.40. The van der Waals surface area contributed by atoms with Crippen LogP contribution in [0.15, 0.2) is 47.3 Å². The SMILES string of the molecule is O=C(O)CN(C(=O)c1cccc(=O)[nH]1)c1ccc(Cl)cc1. The van der Waals surface area contributed by atoms with Crippen molar-refractivity contribution in [1.82, 2.24) is 4.98 Å². The van der Waals surface area contributed by atoms with Crippen molar-refractivity contribution in [2.45, 2.75) is 0 Å². The summed E-state index contributed by atoms with van der Waals surface area (Å²) >= 11 is 5.77. The summed E-state index contributed by atoms with van der Waals surface area (Å²) in [5.74, 6) is -1.78. The van der Waals surface area contributed by atoms with Crippen LogP contribution in [0, 0.1) is 0 Å². The predicted molar refractivity (Wildman–Crippen MR) is 77.8 cm³/mol. The number of hydrogen-bond acceptors (Lipinski definition) is 3. The topological polar surface area (TPSA) is 90.5 Å². The highest BCUT2D eigenvalue weighted by Crippen LogP contribution is 2.19. The van der Waals surface area contributed by atoms with E-state index >= 15 is 0 Å². The van der Waals surface area contributed by atoms with E-state index in [9.17, 15) is 14.4 Å². The van der Waals surface area contributed by atoms with Gasteiger partial charge in [0.2, 0.25) is 5.56 Å². The van der Waals surface area contributed by atoms with Gasteiger partial charge in [-0.25, -0.2) is 0 Å². The first kappa shape index (κ1) is 14.8. The van der Waals surface area contributed by atoms with Crippen LogP contribution < -0.4 is 10.5 Å². The Morgan fingerprint density at radius 1 is 1.14 bits per heavy atom. The van der Waals surface area contributed by atoms with Gasteiger partial charge in [0.25, 0.3) is 5.91 Å². The lowest BCUT2D eigenvalue weighted by Gasteiger charge is -2.20. The molecule has 1 amide bonds. The summed E-state index contributed by atoms with van der Waals surface area (Å²) < 4.78 is 0. The van der Waals surface area contributed by atoms with Gasteiger partial charge >= 0.3 is 5.97 Å². The summed E-state index contributed by atoms with van der Waals surface area (Å²) in [7, 11) is 0. The standard InChI is InChI=1S/C14H11ClN2O4/c15-9-4-6-10(7-5-9)17(8-13(19)20)14(21)11-2-1-3-12(18)16-11/h1-7H,8H2,(H,16,18)(H,19,20). The first-order chi connectivity index (χ1) is 9.97. The second-order valence-electron chi connectivity index (χ2n) is 4.19. The van der Waals surface area contributed by atoms with Crippen LogP contribution in [0.25, 0.3) is 0 Å². The van der Waals surface area contributed by atoms with Gasteiger partial charge in [-0.1, -0.05) is 17.7 Å². The summed E-state index contributed by atoms with van der Waals surface area (Å²) in [5, 5.41) is 9.43. The quantitative estimate of drug-likeness (QED) is 0.900. The lowest BCUT2D eigenvalue weighted by Crippen LogP contribution is -2.36. The van der Waals surface area contributed by atoms with Crippen molar-refractivity contribution in [3.8, 4) is 0 Å². The van der Waals surface area contributed by atoms with Crippen LogP contribution in [-0.4, -0.2) is 28.5 Å². The van der Waals surface area contributed by atoms with E-state index in [4.69, 9.17) is 16.7 Å². The number of H-pyrrole nitrogens is 1. The molecule has 1 aromatic carbocycles. The van der Waals surface area contributed by atoms with Gasteiger partial charge in [-0.15, -0.1) is 0 Å². The molecule has 2 N–H and O–H groups in total. The number of halogens is 1. The van der Waals surface area contributed by atoms with Gasteiger partial charge in [0, 0.05) is 16.8 Å². The van der Waals surface area contributed by atoms with Crippen LogP contribution in [0.3, 0.4) is 0 Å². The highest BCUT2D eigenvalue weighted by atomic mass is 35.5. The van der Waals surface area contributed by atoms with E-state index in [1.54, 1.807) is 12.1 Å². The Morgan fingerprint density at radius 3 is 2.38 bits per heavy atom. The number of amides is 1. The van der Waals surface area contributed by atoms with Crippen molar-refractivity contribution < 1.29 is 14.7 Å². The van der Waals surface area contributed by atoms with Gasteiger partial charge in [0.05, 0.1) is 0 Å². The number of anilines is 1. The molecule has 0 unspecified atom stereocenters.